The van der Waals surface area contributed by atoms with Crippen LogP contribution in [0.5, 0.6) is 5.75 Å². The fourth-order valence-electron chi connectivity index (χ4n) is 2.39. The molecule has 3 aromatic rings. The number of hydrogen-bond acceptors (Lipinski definition) is 6. The summed E-state index contributed by atoms with van der Waals surface area (Å²) < 4.78 is 61.6. The van der Waals surface area contributed by atoms with Crippen molar-refractivity contribution in [2.24, 2.45) is 7.05 Å². The lowest BCUT2D eigenvalue weighted by Crippen LogP contribution is -2.16. The molecule has 0 fully saturated rings. The van der Waals surface area contributed by atoms with Gasteiger partial charge in [0.15, 0.2) is 5.03 Å². The second-order valence-corrected chi connectivity index (χ2v) is 9.13. The summed E-state index contributed by atoms with van der Waals surface area (Å²) in [6, 6.07) is 12.0. The zero-order valence-corrected chi connectivity index (χ0v) is 16.7. The molecular weight excluding hydrogens is 404 g/mol. The van der Waals surface area contributed by atoms with E-state index in [-0.39, 0.29) is 21.3 Å². The van der Waals surface area contributed by atoms with E-state index in [1.165, 1.54) is 48.5 Å². The average molecular weight is 422 g/mol. The van der Waals surface area contributed by atoms with Gasteiger partial charge in [-0.1, -0.05) is 18.2 Å². The van der Waals surface area contributed by atoms with E-state index in [2.05, 4.69) is 14.4 Å². The van der Waals surface area contributed by atoms with Gasteiger partial charge in [-0.2, -0.15) is 8.42 Å². The van der Waals surface area contributed by atoms with Gasteiger partial charge in [0.2, 0.25) is 0 Å². The molecule has 0 aliphatic heterocycles. The van der Waals surface area contributed by atoms with Crippen molar-refractivity contribution >= 4 is 31.4 Å². The van der Waals surface area contributed by atoms with E-state index in [1.54, 1.807) is 31.3 Å². The summed E-state index contributed by atoms with van der Waals surface area (Å²) in [4.78, 5) is 3.69. The summed E-state index contributed by atoms with van der Waals surface area (Å²) in [5.74, 6) is 0.359. The molecule has 0 saturated carbocycles. The Morgan fingerprint density at radius 3 is 2.39 bits per heavy atom. The molecule has 9 nitrogen and oxygen atoms in total. The molecule has 11 heteroatoms. The van der Waals surface area contributed by atoms with Crippen LogP contribution in [0, 0.1) is 0 Å². The van der Waals surface area contributed by atoms with Crippen molar-refractivity contribution in [2.75, 3.05) is 16.6 Å². The van der Waals surface area contributed by atoms with Gasteiger partial charge in [0.05, 0.1) is 29.7 Å². The van der Waals surface area contributed by atoms with Gasteiger partial charge in [-0.15, -0.1) is 0 Å². The predicted octanol–water partition coefficient (Wildman–Crippen LogP) is 2.03. The van der Waals surface area contributed by atoms with Crippen LogP contribution in [0.15, 0.2) is 71.0 Å². The fraction of sp³-hybridized carbons (Fsp3) is 0.118. The summed E-state index contributed by atoms with van der Waals surface area (Å²) in [6.07, 6.45) is 2.69. The molecule has 1 aromatic heterocycles. The number of rotatable bonds is 7. The van der Waals surface area contributed by atoms with E-state index in [4.69, 9.17) is 4.74 Å². The van der Waals surface area contributed by atoms with Crippen LogP contribution in [0.2, 0.25) is 0 Å². The van der Waals surface area contributed by atoms with Crippen molar-refractivity contribution in [3.05, 3.63) is 61.1 Å². The summed E-state index contributed by atoms with van der Waals surface area (Å²) >= 11 is 0. The van der Waals surface area contributed by atoms with Crippen molar-refractivity contribution in [1.82, 2.24) is 9.55 Å². The minimum absolute atomic E-state index is 0.0913. The molecule has 0 spiro atoms. The molecule has 28 heavy (non-hydrogen) atoms. The standard InChI is InChI=1S/C17H18N4O5S2/c1-21-11-17(18-12-21)28(24,25)19-13-6-5-7-14(10-13)27(22,23)20-15-8-3-4-9-16(15)26-2/h3-12,19-20H,1-2H3. The van der Waals surface area contributed by atoms with Gasteiger partial charge in [0.1, 0.15) is 5.75 Å². The molecule has 0 aliphatic rings. The van der Waals surface area contributed by atoms with Crippen LogP contribution >= 0.6 is 0 Å². The fourth-order valence-corrected chi connectivity index (χ4v) is 4.54. The number of aryl methyl sites for hydroxylation is 1. The van der Waals surface area contributed by atoms with E-state index in [9.17, 15) is 16.8 Å². The number of hydrogen-bond donors (Lipinski definition) is 2. The smallest absolute Gasteiger partial charge is 0.280 e. The molecule has 0 amide bonds. The molecule has 0 atom stereocenters. The van der Waals surface area contributed by atoms with Gasteiger partial charge < -0.3 is 9.30 Å². The van der Waals surface area contributed by atoms with Crippen LogP contribution in [-0.2, 0) is 27.1 Å². The number of sulfonamides is 2. The summed E-state index contributed by atoms with van der Waals surface area (Å²) in [5.41, 5.74) is 0.359. The molecule has 1 heterocycles. The van der Waals surface area contributed by atoms with E-state index in [0.29, 0.717) is 5.75 Å². The van der Waals surface area contributed by atoms with E-state index in [0.717, 1.165) is 0 Å². The number of nitrogens with one attached hydrogen (secondary N) is 2. The van der Waals surface area contributed by atoms with Crippen molar-refractivity contribution in [1.29, 1.82) is 0 Å². The number of para-hydroxylation sites is 2. The van der Waals surface area contributed by atoms with Crippen molar-refractivity contribution < 1.29 is 21.6 Å². The Morgan fingerprint density at radius 1 is 0.964 bits per heavy atom. The Morgan fingerprint density at radius 2 is 1.71 bits per heavy atom. The number of benzene rings is 2. The van der Waals surface area contributed by atoms with Crippen molar-refractivity contribution in [2.45, 2.75) is 9.92 Å². The summed E-state index contributed by atoms with van der Waals surface area (Å²) in [5, 5.41) is -0.171. The van der Waals surface area contributed by atoms with Crippen molar-refractivity contribution in [3.63, 3.8) is 0 Å². The van der Waals surface area contributed by atoms with Crippen molar-refractivity contribution in [3.8, 4) is 5.75 Å². The van der Waals surface area contributed by atoms with Crippen LogP contribution in [0.4, 0.5) is 11.4 Å². The lowest BCUT2D eigenvalue weighted by atomic mass is 10.3. The highest BCUT2D eigenvalue weighted by atomic mass is 32.2. The maximum Gasteiger partial charge on any atom is 0.280 e. The summed E-state index contributed by atoms with van der Waals surface area (Å²) in [7, 11) is -4.84. The largest absolute Gasteiger partial charge is 0.495 e. The first-order valence-electron chi connectivity index (χ1n) is 7.98. The minimum Gasteiger partial charge on any atom is -0.495 e. The number of methoxy groups -OCH3 is 1. The van der Waals surface area contributed by atoms with Crippen LogP contribution < -0.4 is 14.2 Å². The van der Waals surface area contributed by atoms with Crippen LogP contribution in [0.1, 0.15) is 0 Å². The van der Waals surface area contributed by atoms with Crippen LogP contribution in [-0.4, -0.2) is 33.5 Å². The minimum atomic E-state index is -3.97. The van der Waals surface area contributed by atoms with E-state index >= 15 is 0 Å². The molecule has 148 valence electrons. The maximum absolute atomic E-state index is 12.7. The normalized spacial score (nSPS) is 11.8. The Balaban J connectivity index is 1.88. The molecule has 0 radical (unpaired) electrons. The monoisotopic (exact) mass is 422 g/mol. The average Bonchev–Trinajstić information content (AvgIpc) is 3.09. The molecule has 2 N–H and O–H groups in total. The molecule has 0 bridgehead atoms. The zero-order chi connectivity index (χ0) is 20.4. The number of imidazole rings is 1. The Kier molecular flexibility index (Phi) is 5.29. The summed E-state index contributed by atoms with van der Waals surface area (Å²) in [6.45, 7) is 0. The second-order valence-electron chi connectivity index (χ2n) is 5.82. The zero-order valence-electron chi connectivity index (χ0n) is 15.0. The lowest BCUT2D eigenvalue weighted by Gasteiger charge is -2.12. The third-order valence-electron chi connectivity index (χ3n) is 3.70. The third-order valence-corrected chi connectivity index (χ3v) is 6.33. The predicted molar refractivity (Wildman–Crippen MR) is 104 cm³/mol. The molecule has 0 saturated heterocycles. The first-order chi connectivity index (χ1) is 13.2. The topological polar surface area (TPSA) is 119 Å². The number of ether oxygens (including phenoxy) is 1. The van der Waals surface area contributed by atoms with Gasteiger partial charge >= 0.3 is 0 Å². The van der Waals surface area contributed by atoms with E-state index in [1.807, 2.05) is 0 Å². The van der Waals surface area contributed by atoms with Gasteiger partial charge in [0, 0.05) is 13.2 Å². The van der Waals surface area contributed by atoms with Gasteiger partial charge in [-0.05, 0) is 30.3 Å². The number of aromatic nitrogens is 2. The van der Waals surface area contributed by atoms with Gasteiger partial charge in [-0.3, -0.25) is 9.44 Å². The number of nitrogens with zero attached hydrogens (tertiary/aromatic N) is 2. The quantitative estimate of drug-likeness (QED) is 0.601. The van der Waals surface area contributed by atoms with Crippen LogP contribution in [0.3, 0.4) is 0 Å². The molecule has 0 unspecified atom stereocenters. The lowest BCUT2D eigenvalue weighted by molar-refractivity contribution is 0.417. The first-order valence-corrected chi connectivity index (χ1v) is 10.9. The SMILES string of the molecule is COc1ccccc1NS(=O)(=O)c1cccc(NS(=O)(=O)c2cn(C)cn2)c1. The van der Waals surface area contributed by atoms with Gasteiger partial charge in [-0.25, -0.2) is 13.4 Å². The molecular formula is C17H18N4O5S2. The Labute approximate surface area is 163 Å². The third kappa shape index (κ3) is 4.26. The highest BCUT2D eigenvalue weighted by Gasteiger charge is 2.20. The molecule has 3 rings (SSSR count). The van der Waals surface area contributed by atoms with Crippen LogP contribution in [0.25, 0.3) is 0 Å². The Hall–Kier alpha value is -3.05. The van der Waals surface area contributed by atoms with Gasteiger partial charge in [0.25, 0.3) is 20.0 Å². The second kappa shape index (κ2) is 7.52. The Bertz CT molecular complexity index is 1200. The van der Waals surface area contributed by atoms with E-state index < -0.39 is 20.0 Å². The number of anilines is 2. The molecule has 2 aromatic carbocycles. The highest BCUT2D eigenvalue weighted by Crippen LogP contribution is 2.27. The first kappa shape index (κ1) is 19.7. The molecule has 0 aliphatic carbocycles. The highest BCUT2D eigenvalue weighted by molar-refractivity contribution is 7.93. The maximum atomic E-state index is 12.7.